The van der Waals surface area contributed by atoms with Crippen molar-refractivity contribution in [1.29, 1.82) is 0 Å². The first kappa shape index (κ1) is 11.0. The van der Waals surface area contributed by atoms with Crippen LogP contribution in [0.3, 0.4) is 0 Å². The Bertz CT molecular complexity index is 384. The second-order valence-corrected chi connectivity index (χ2v) is 6.39. The predicted molar refractivity (Wildman–Crippen MR) is 69.3 cm³/mol. The van der Waals surface area contributed by atoms with Gasteiger partial charge in [0.15, 0.2) is 0 Å². The van der Waals surface area contributed by atoms with Crippen LogP contribution in [0.1, 0.15) is 52.0 Å². The Morgan fingerprint density at radius 3 is 1.88 bits per heavy atom. The molecule has 1 aromatic rings. The molecule has 92 valence electrons. The Kier molecular flexibility index (Phi) is 2.39. The molecule has 3 nitrogen and oxygen atoms in total. The van der Waals surface area contributed by atoms with Crippen molar-refractivity contribution in [3.63, 3.8) is 0 Å². The van der Waals surface area contributed by atoms with Crippen molar-refractivity contribution in [2.45, 2.75) is 64.0 Å². The molecular weight excluding hydrogens is 210 g/mol. The average molecular weight is 231 g/mol. The van der Waals surface area contributed by atoms with Crippen molar-refractivity contribution < 1.29 is 0 Å². The minimum absolute atomic E-state index is 0.141. The van der Waals surface area contributed by atoms with Crippen LogP contribution < -0.4 is 4.90 Å². The van der Waals surface area contributed by atoms with Crippen LogP contribution in [0.5, 0.6) is 0 Å². The van der Waals surface area contributed by atoms with Crippen molar-refractivity contribution in [2.75, 3.05) is 4.90 Å². The van der Waals surface area contributed by atoms with Crippen LogP contribution in [-0.2, 0) is 5.41 Å². The minimum atomic E-state index is 0.141. The predicted octanol–water partition coefficient (Wildman–Crippen LogP) is 2.91. The first-order valence-electron chi connectivity index (χ1n) is 6.66. The van der Waals surface area contributed by atoms with Crippen LogP contribution in [0.15, 0.2) is 12.4 Å². The highest BCUT2D eigenvalue weighted by atomic mass is 15.3. The largest absolute Gasteiger partial charge is 0.335 e. The Hall–Kier alpha value is -1.12. The lowest BCUT2D eigenvalue weighted by Crippen LogP contribution is -2.30. The van der Waals surface area contributed by atoms with Crippen molar-refractivity contribution in [3.8, 4) is 0 Å². The summed E-state index contributed by atoms with van der Waals surface area (Å²) in [6, 6.07) is 1.42. The third-order valence-corrected chi connectivity index (χ3v) is 4.19. The fourth-order valence-electron chi connectivity index (χ4n) is 3.08. The number of hydrogen-bond donors (Lipinski definition) is 0. The standard InChI is InChI=1S/C14H21N3/c1-14(2,3)10-8-15-13(16-9-10)17-11-4-5-12(17)7-6-11/h8-9,11-12H,4-7H2,1-3H3. The van der Waals surface area contributed by atoms with Crippen molar-refractivity contribution in [2.24, 2.45) is 0 Å². The molecule has 2 aliphatic rings. The summed E-state index contributed by atoms with van der Waals surface area (Å²) in [5.74, 6) is 0.947. The molecule has 3 heteroatoms. The zero-order valence-corrected chi connectivity index (χ0v) is 11.0. The molecular formula is C14H21N3. The van der Waals surface area contributed by atoms with Gasteiger partial charge in [-0.15, -0.1) is 0 Å². The highest BCUT2D eigenvalue weighted by Gasteiger charge is 2.40. The summed E-state index contributed by atoms with van der Waals surface area (Å²) in [5, 5.41) is 0. The smallest absolute Gasteiger partial charge is 0.225 e. The van der Waals surface area contributed by atoms with Crippen LogP contribution in [0, 0.1) is 0 Å². The molecule has 0 amide bonds. The molecule has 0 saturated carbocycles. The maximum absolute atomic E-state index is 4.58. The summed E-state index contributed by atoms with van der Waals surface area (Å²) in [6.07, 6.45) is 9.31. The summed E-state index contributed by atoms with van der Waals surface area (Å²) in [7, 11) is 0. The fraction of sp³-hybridized carbons (Fsp3) is 0.714. The quantitative estimate of drug-likeness (QED) is 0.744. The molecule has 1 aromatic heterocycles. The van der Waals surface area contributed by atoms with E-state index in [4.69, 9.17) is 0 Å². The molecule has 0 atom stereocenters. The average Bonchev–Trinajstić information content (AvgIpc) is 2.87. The van der Waals surface area contributed by atoms with Crippen LogP contribution in [0.25, 0.3) is 0 Å². The number of aromatic nitrogens is 2. The molecule has 0 spiro atoms. The van der Waals surface area contributed by atoms with E-state index in [1.807, 2.05) is 12.4 Å². The van der Waals surface area contributed by atoms with Gasteiger partial charge in [0.05, 0.1) is 0 Å². The van der Waals surface area contributed by atoms with Gasteiger partial charge in [-0.2, -0.15) is 0 Å². The first-order chi connectivity index (χ1) is 8.05. The zero-order chi connectivity index (χ0) is 12.0. The van der Waals surface area contributed by atoms with Gasteiger partial charge in [0.1, 0.15) is 0 Å². The summed E-state index contributed by atoms with van der Waals surface area (Å²) < 4.78 is 0. The van der Waals surface area contributed by atoms with Crippen LogP contribution in [0.4, 0.5) is 5.95 Å². The van der Waals surface area contributed by atoms with Gasteiger partial charge in [-0.1, -0.05) is 20.8 Å². The molecule has 0 unspecified atom stereocenters. The van der Waals surface area contributed by atoms with Gasteiger partial charge in [0.25, 0.3) is 0 Å². The van der Waals surface area contributed by atoms with E-state index in [0.717, 1.165) is 5.95 Å². The number of hydrogen-bond acceptors (Lipinski definition) is 3. The molecule has 3 rings (SSSR count). The van der Waals surface area contributed by atoms with E-state index < -0.39 is 0 Å². The van der Waals surface area contributed by atoms with Gasteiger partial charge >= 0.3 is 0 Å². The van der Waals surface area contributed by atoms with E-state index in [0.29, 0.717) is 12.1 Å². The lowest BCUT2D eigenvalue weighted by atomic mass is 9.89. The molecule has 2 fully saturated rings. The van der Waals surface area contributed by atoms with Gasteiger partial charge < -0.3 is 4.90 Å². The first-order valence-corrected chi connectivity index (χ1v) is 6.66. The monoisotopic (exact) mass is 231 g/mol. The Morgan fingerprint density at radius 2 is 1.47 bits per heavy atom. The van der Waals surface area contributed by atoms with Crippen molar-refractivity contribution in [1.82, 2.24) is 9.97 Å². The van der Waals surface area contributed by atoms with Crippen molar-refractivity contribution in [3.05, 3.63) is 18.0 Å². The van der Waals surface area contributed by atoms with E-state index in [-0.39, 0.29) is 5.41 Å². The van der Waals surface area contributed by atoms with Crippen molar-refractivity contribution >= 4 is 5.95 Å². The van der Waals surface area contributed by atoms with Gasteiger partial charge in [0.2, 0.25) is 5.95 Å². The molecule has 0 radical (unpaired) electrons. The van der Waals surface area contributed by atoms with E-state index in [1.165, 1.54) is 31.2 Å². The Balaban J connectivity index is 1.86. The second kappa shape index (κ2) is 3.69. The highest BCUT2D eigenvalue weighted by Crippen LogP contribution is 2.39. The van der Waals surface area contributed by atoms with E-state index in [2.05, 4.69) is 35.6 Å². The minimum Gasteiger partial charge on any atom is -0.335 e. The van der Waals surface area contributed by atoms with Crippen LogP contribution in [0.2, 0.25) is 0 Å². The summed E-state index contributed by atoms with van der Waals surface area (Å²) in [5.41, 5.74) is 1.36. The van der Waals surface area contributed by atoms with Crippen LogP contribution >= 0.6 is 0 Å². The van der Waals surface area contributed by atoms with Crippen LogP contribution in [-0.4, -0.2) is 22.1 Å². The second-order valence-electron chi connectivity index (χ2n) is 6.39. The number of anilines is 1. The maximum atomic E-state index is 4.58. The maximum Gasteiger partial charge on any atom is 0.225 e. The topological polar surface area (TPSA) is 29.0 Å². The lowest BCUT2D eigenvalue weighted by molar-refractivity contribution is 0.576. The zero-order valence-electron chi connectivity index (χ0n) is 11.0. The van der Waals surface area contributed by atoms with Gasteiger partial charge in [0, 0.05) is 24.5 Å². The van der Waals surface area contributed by atoms with Gasteiger partial charge in [-0.3, -0.25) is 0 Å². The highest BCUT2D eigenvalue weighted by molar-refractivity contribution is 5.38. The normalized spacial score (nSPS) is 27.8. The third kappa shape index (κ3) is 1.81. The third-order valence-electron chi connectivity index (χ3n) is 4.19. The van der Waals surface area contributed by atoms with Gasteiger partial charge in [-0.25, -0.2) is 9.97 Å². The van der Waals surface area contributed by atoms with E-state index in [9.17, 15) is 0 Å². The number of rotatable bonds is 1. The summed E-state index contributed by atoms with van der Waals surface area (Å²) in [6.45, 7) is 6.60. The lowest BCUT2D eigenvalue weighted by Gasteiger charge is -2.23. The van der Waals surface area contributed by atoms with E-state index in [1.54, 1.807) is 0 Å². The molecule has 3 heterocycles. The summed E-state index contributed by atoms with van der Waals surface area (Å²) in [4.78, 5) is 11.6. The molecule has 2 saturated heterocycles. The Morgan fingerprint density at radius 1 is 1.00 bits per heavy atom. The van der Waals surface area contributed by atoms with E-state index >= 15 is 0 Å². The molecule has 0 aromatic carbocycles. The number of nitrogens with zero attached hydrogens (tertiary/aromatic N) is 3. The Labute approximate surface area is 103 Å². The molecule has 2 aliphatic heterocycles. The summed E-state index contributed by atoms with van der Waals surface area (Å²) >= 11 is 0. The number of fused-ring (bicyclic) bond motifs is 2. The SMILES string of the molecule is CC(C)(C)c1cnc(N2C3CCC2CC3)nc1. The molecule has 0 aliphatic carbocycles. The fourth-order valence-corrected chi connectivity index (χ4v) is 3.08. The molecule has 2 bridgehead atoms. The van der Waals surface area contributed by atoms with Gasteiger partial charge in [-0.05, 0) is 36.7 Å². The molecule has 0 N–H and O–H groups in total. The molecule has 17 heavy (non-hydrogen) atoms.